The molecule has 154 valence electrons. The maximum absolute atomic E-state index is 12.8. The Morgan fingerprint density at radius 2 is 1.32 bits per heavy atom. The number of hydrogen-bond donors (Lipinski definition) is 1. The number of aromatic carboxylic acids is 1. The van der Waals surface area contributed by atoms with E-state index in [0.29, 0.717) is 0 Å². The number of ketones is 1. The average Bonchev–Trinajstić information content (AvgIpc) is 2.81. The quantitative estimate of drug-likeness (QED) is 0.627. The van der Waals surface area contributed by atoms with Crippen molar-refractivity contribution in [2.75, 3.05) is 0 Å². The predicted octanol–water partition coefficient (Wildman–Crippen LogP) is 4.43. The lowest BCUT2D eigenvalue weighted by Gasteiger charge is -2.37. The van der Waals surface area contributed by atoms with Crippen LogP contribution in [0.5, 0.6) is 0 Å². The highest BCUT2D eigenvalue weighted by molar-refractivity contribution is 6.04. The van der Waals surface area contributed by atoms with Crippen LogP contribution < -0.4 is 0 Å². The van der Waals surface area contributed by atoms with E-state index in [1.54, 1.807) is 6.07 Å². The Hall–Kier alpha value is -3.99. The molecule has 0 saturated carbocycles. The molecule has 5 nitrogen and oxygen atoms in total. The van der Waals surface area contributed by atoms with Crippen LogP contribution in [0.3, 0.4) is 0 Å². The standard InChI is InChI=1S/C26H20O5/c27-22-15-16-26(18-9-3-1-4-10-18,19-11-5-2-6-12-19)17-23(22)31-25(30)21-14-8-7-13-20(21)24(28)29/h1-16,23H,17H2,(H,28,29)/t23-/m1/s1. The van der Waals surface area contributed by atoms with Crippen molar-refractivity contribution in [2.24, 2.45) is 0 Å². The summed E-state index contributed by atoms with van der Waals surface area (Å²) in [6.45, 7) is 0. The van der Waals surface area contributed by atoms with Gasteiger partial charge in [-0.25, -0.2) is 9.59 Å². The van der Waals surface area contributed by atoms with E-state index in [0.717, 1.165) is 11.1 Å². The molecule has 1 N–H and O–H groups in total. The molecule has 0 saturated heterocycles. The third kappa shape index (κ3) is 3.90. The minimum absolute atomic E-state index is 0.0811. The highest BCUT2D eigenvalue weighted by atomic mass is 16.5. The zero-order valence-corrected chi connectivity index (χ0v) is 16.6. The van der Waals surface area contributed by atoms with Crippen LogP contribution in [-0.4, -0.2) is 28.9 Å². The number of carbonyl (C=O) groups excluding carboxylic acids is 2. The van der Waals surface area contributed by atoms with Crippen LogP contribution in [0.2, 0.25) is 0 Å². The van der Waals surface area contributed by atoms with Gasteiger partial charge >= 0.3 is 11.9 Å². The Labute approximate surface area is 179 Å². The third-order valence-corrected chi connectivity index (χ3v) is 5.56. The second-order valence-corrected chi connectivity index (χ2v) is 7.39. The summed E-state index contributed by atoms with van der Waals surface area (Å²) < 4.78 is 5.58. The van der Waals surface area contributed by atoms with Gasteiger partial charge in [-0.3, -0.25) is 4.79 Å². The molecule has 0 aromatic heterocycles. The fourth-order valence-electron chi connectivity index (χ4n) is 4.00. The lowest BCUT2D eigenvalue weighted by molar-refractivity contribution is -0.124. The molecule has 1 atom stereocenters. The van der Waals surface area contributed by atoms with Gasteiger partial charge in [0.2, 0.25) is 0 Å². The molecule has 4 rings (SSSR count). The van der Waals surface area contributed by atoms with E-state index in [4.69, 9.17) is 4.74 Å². The fourth-order valence-corrected chi connectivity index (χ4v) is 4.00. The average molecular weight is 412 g/mol. The smallest absolute Gasteiger partial charge is 0.339 e. The first kappa shape index (κ1) is 20.3. The second kappa shape index (κ2) is 8.40. The molecule has 5 heteroatoms. The first-order valence-corrected chi connectivity index (χ1v) is 9.89. The van der Waals surface area contributed by atoms with E-state index in [-0.39, 0.29) is 23.3 Å². The number of carboxylic acid groups (broad SMARTS) is 1. The van der Waals surface area contributed by atoms with Crippen molar-refractivity contribution >= 4 is 17.7 Å². The van der Waals surface area contributed by atoms with Crippen LogP contribution in [0.15, 0.2) is 97.1 Å². The van der Waals surface area contributed by atoms with Crippen LogP contribution in [-0.2, 0) is 14.9 Å². The highest BCUT2D eigenvalue weighted by Crippen LogP contribution is 2.41. The number of rotatable bonds is 5. The molecule has 0 spiro atoms. The molecule has 0 fully saturated rings. The van der Waals surface area contributed by atoms with Gasteiger partial charge < -0.3 is 9.84 Å². The monoisotopic (exact) mass is 412 g/mol. The van der Waals surface area contributed by atoms with Crippen LogP contribution in [0.25, 0.3) is 0 Å². The second-order valence-electron chi connectivity index (χ2n) is 7.39. The Morgan fingerprint density at radius 3 is 1.87 bits per heavy atom. The number of carbonyl (C=O) groups is 3. The maximum Gasteiger partial charge on any atom is 0.339 e. The van der Waals surface area contributed by atoms with Crippen LogP contribution in [0.4, 0.5) is 0 Å². The van der Waals surface area contributed by atoms with Gasteiger partial charge in [-0.15, -0.1) is 0 Å². The van der Waals surface area contributed by atoms with Gasteiger partial charge in [0, 0.05) is 11.8 Å². The van der Waals surface area contributed by atoms with Gasteiger partial charge in [-0.2, -0.15) is 0 Å². The first-order chi connectivity index (χ1) is 15.0. The van der Waals surface area contributed by atoms with E-state index in [1.807, 2.05) is 66.7 Å². The van der Waals surface area contributed by atoms with Gasteiger partial charge in [0.15, 0.2) is 11.9 Å². The molecule has 0 aliphatic heterocycles. The molecule has 0 radical (unpaired) electrons. The van der Waals surface area contributed by atoms with E-state index in [2.05, 4.69) is 0 Å². The lowest BCUT2D eigenvalue weighted by atomic mass is 9.68. The lowest BCUT2D eigenvalue weighted by Crippen LogP contribution is -2.40. The number of carboxylic acids is 1. The molecule has 0 bridgehead atoms. The molecule has 0 amide bonds. The van der Waals surface area contributed by atoms with Crippen molar-refractivity contribution in [1.29, 1.82) is 0 Å². The third-order valence-electron chi connectivity index (χ3n) is 5.56. The van der Waals surface area contributed by atoms with Gasteiger partial charge in [-0.05, 0) is 29.3 Å². The van der Waals surface area contributed by atoms with Crippen molar-refractivity contribution in [2.45, 2.75) is 17.9 Å². The molecule has 3 aromatic rings. The van der Waals surface area contributed by atoms with Crippen molar-refractivity contribution in [1.82, 2.24) is 0 Å². The predicted molar refractivity (Wildman–Crippen MR) is 115 cm³/mol. The molecular weight excluding hydrogens is 392 g/mol. The molecule has 0 unspecified atom stereocenters. The number of hydrogen-bond acceptors (Lipinski definition) is 4. The van der Waals surface area contributed by atoms with E-state index in [9.17, 15) is 19.5 Å². The van der Waals surface area contributed by atoms with Crippen molar-refractivity contribution in [3.8, 4) is 0 Å². The zero-order valence-electron chi connectivity index (χ0n) is 16.6. The first-order valence-electron chi connectivity index (χ1n) is 9.89. The molecule has 1 aliphatic carbocycles. The number of allylic oxidation sites excluding steroid dienone is 1. The Balaban J connectivity index is 1.71. The molecular formula is C26H20O5. The van der Waals surface area contributed by atoms with Crippen LogP contribution >= 0.6 is 0 Å². The Bertz CT molecular complexity index is 1110. The van der Waals surface area contributed by atoms with Crippen molar-refractivity contribution in [3.63, 3.8) is 0 Å². The van der Waals surface area contributed by atoms with E-state index < -0.39 is 23.5 Å². The summed E-state index contributed by atoms with van der Waals surface area (Å²) in [4.78, 5) is 36.9. The number of ether oxygens (including phenoxy) is 1. The van der Waals surface area contributed by atoms with E-state index >= 15 is 0 Å². The van der Waals surface area contributed by atoms with Crippen LogP contribution in [0.1, 0.15) is 38.3 Å². The number of benzene rings is 3. The summed E-state index contributed by atoms with van der Waals surface area (Å²) in [6.07, 6.45) is 2.48. The van der Waals surface area contributed by atoms with Crippen molar-refractivity contribution in [3.05, 3.63) is 119 Å². The van der Waals surface area contributed by atoms with Crippen LogP contribution in [0, 0.1) is 0 Å². The Morgan fingerprint density at radius 1 is 0.806 bits per heavy atom. The minimum atomic E-state index is -1.23. The summed E-state index contributed by atoms with van der Waals surface area (Å²) in [7, 11) is 0. The van der Waals surface area contributed by atoms with Gasteiger partial charge in [-0.1, -0.05) is 78.9 Å². The normalized spacial score (nSPS) is 17.2. The van der Waals surface area contributed by atoms with Gasteiger partial charge in [0.1, 0.15) is 0 Å². The molecule has 1 aliphatic rings. The highest BCUT2D eigenvalue weighted by Gasteiger charge is 2.41. The summed E-state index contributed by atoms with van der Waals surface area (Å²) in [5.74, 6) is -2.39. The fraction of sp³-hybridized carbons (Fsp3) is 0.115. The zero-order chi connectivity index (χ0) is 21.8. The van der Waals surface area contributed by atoms with Crippen molar-refractivity contribution < 1.29 is 24.2 Å². The largest absolute Gasteiger partial charge is 0.478 e. The SMILES string of the molecule is O=C(O)c1ccccc1C(=O)O[C@@H]1CC(c2ccccc2)(c2ccccc2)C=CC1=O. The minimum Gasteiger partial charge on any atom is -0.478 e. The molecule has 31 heavy (non-hydrogen) atoms. The summed E-state index contributed by atoms with van der Waals surface area (Å²) in [5, 5.41) is 9.37. The summed E-state index contributed by atoms with van der Waals surface area (Å²) in [5.41, 5.74) is 1.04. The molecule has 3 aromatic carbocycles. The maximum atomic E-state index is 12.8. The van der Waals surface area contributed by atoms with Gasteiger partial charge in [0.25, 0.3) is 0 Å². The van der Waals surface area contributed by atoms with Gasteiger partial charge in [0.05, 0.1) is 11.1 Å². The summed E-state index contributed by atoms with van der Waals surface area (Å²) >= 11 is 0. The Kier molecular flexibility index (Phi) is 5.50. The van der Waals surface area contributed by atoms with E-state index in [1.165, 1.54) is 24.3 Å². The number of esters is 1. The molecule has 0 heterocycles. The summed E-state index contributed by atoms with van der Waals surface area (Å²) in [6, 6.07) is 25.3. The topological polar surface area (TPSA) is 80.7 Å².